The van der Waals surface area contributed by atoms with Gasteiger partial charge in [-0.1, -0.05) is 0 Å². The van der Waals surface area contributed by atoms with E-state index in [-0.39, 0.29) is 6.04 Å². The summed E-state index contributed by atoms with van der Waals surface area (Å²) in [6, 6.07) is 0.139. The van der Waals surface area contributed by atoms with Crippen molar-refractivity contribution in [2.75, 3.05) is 13.2 Å². The van der Waals surface area contributed by atoms with Gasteiger partial charge in [0, 0.05) is 12.6 Å². The Kier molecular flexibility index (Phi) is 4.39. The van der Waals surface area contributed by atoms with Crippen LogP contribution in [0.5, 0.6) is 5.75 Å². The van der Waals surface area contributed by atoms with Crippen LogP contribution in [0.25, 0.3) is 0 Å². The summed E-state index contributed by atoms with van der Waals surface area (Å²) in [5.74, 6) is -1.33. The molecule has 1 aromatic rings. The van der Waals surface area contributed by atoms with Crippen molar-refractivity contribution in [3.05, 3.63) is 12.4 Å². The van der Waals surface area contributed by atoms with Crippen molar-refractivity contribution in [1.82, 2.24) is 9.78 Å². The van der Waals surface area contributed by atoms with Crippen molar-refractivity contribution in [2.45, 2.75) is 26.1 Å². The highest BCUT2D eigenvalue weighted by molar-refractivity contribution is 5.12. The maximum absolute atomic E-state index is 12.4. The highest BCUT2D eigenvalue weighted by Gasteiger charge is 2.39. The third kappa shape index (κ3) is 3.92. The maximum Gasteiger partial charge on any atom is 0.396 e. The van der Waals surface area contributed by atoms with Crippen LogP contribution in [0, 0.1) is 5.92 Å². The zero-order chi connectivity index (χ0) is 13.1. The normalized spacial score (nSPS) is 14.1. The SMILES string of the molecule is CC(C)n1cc(OCC(CN)C(F)(F)F)cn1. The Morgan fingerprint density at radius 3 is 2.53 bits per heavy atom. The Morgan fingerprint density at radius 1 is 1.47 bits per heavy atom. The van der Waals surface area contributed by atoms with Gasteiger partial charge >= 0.3 is 6.18 Å². The van der Waals surface area contributed by atoms with Gasteiger partial charge in [0.25, 0.3) is 0 Å². The van der Waals surface area contributed by atoms with Crippen LogP contribution in [0.2, 0.25) is 0 Å². The van der Waals surface area contributed by atoms with E-state index in [0.29, 0.717) is 5.75 Å². The molecule has 0 aliphatic carbocycles. The summed E-state index contributed by atoms with van der Waals surface area (Å²) in [7, 11) is 0. The van der Waals surface area contributed by atoms with Crippen LogP contribution >= 0.6 is 0 Å². The molecule has 1 rings (SSSR count). The standard InChI is InChI=1S/C10H16F3N3O/c1-7(2)16-5-9(4-15-16)17-6-8(3-14)10(11,12)13/h4-5,7-8H,3,6,14H2,1-2H3. The second-order valence-electron chi connectivity index (χ2n) is 4.04. The second kappa shape index (κ2) is 5.39. The summed E-state index contributed by atoms with van der Waals surface area (Å²) in [5, 5.41) is 3.96. The Morgan fingerprint density at radius 2 is 2.12 bits per heavy atom. The van der Waals surface area contributed by atoms with E-state index in [4.69, 9.17) is 10.5 Å². The van der Waals surface area contributed by atoms with Crippen molar-refractivity contribution in [2.24, 2.45) is 11.7 Å². The lowest BCUT2D eigenvalue weighted by Gasteiger charge is -2.18. The van der Waals surface area contributed by atoms with Gasteiger partial charge < -0.3 is 10.5 Å². The zero-order valence-corrected chi connectivity index (χ0v) is 9.74. The number of ether oxygens (including phenoxy) is 1. The molecule has 4 nitrogen and oxygen atoms in total. The number of halogens is 3. The average molecular weight is 251 g/mol. The van der Waals surface area contributed by atoms with Gasteiger partial charge in [-0.2, -0.15) is 18.3 Å². The molecule has 0 aliphatic heterocycles. The smallest absolute Gasteiger partial charge is 0.396 e. The number of alkyl halides is 3. The first-order valence-corrected chi connectivity index (χ1v) is 5.28. The summed E-state index contributed by atoms with van der Waals surface area (Å²) >= 11 is 0. The Bertz CT molecular complexity index is 349. The van der Waals surface area contributed by atoms with Crippen LogP contribution in [0.4, 0.5) is 13.2 Å². The fourth-order valence-electron chi connectivity index (χ4n) is 1.17. The number of aromatic nitrogens is 2. The van der Waals surface area contributed by atoms with E-state index in [1.165, 1.54) is 6.20 Å². The molecule has 1 atom stereocenters. The topological polar surface area (TPSA) is 53.1 Å². The van der Waals surface area contributed by atoms with E-state index in [9.17, 15) is 13.2 Å². The van der Waals surface area contributed by atoms with Crippen molar-refractivity contribution in [1.29, 1.82) is 0 Å². The average Bonchev–Trinajstić information content (AvgIpc) is 2.65. The Balaban J connectivity index is 2.54. The lowest BCUT2D eigenvalue weighted by Crippen LogP contribution is -2.34. The van der Waals surface area contributed by atoms with Crippen LogP contribution in [0.15, 0.2) is 12.4 Å². The number of nitrogens with two attached hydrogens (primary N) is 1. The van der Waals surface area contributed by atoms with Crippen LogP contribution in [-0.2, 0) is 0 Å². The van der Waals surface area contributed by atoms with Gasteiger partial charge in [-0.15, -0.1) is 0 Å². The second-order valence-corrected chi connectivity index (χ2v) is 4.04. The van der Waals surface area contributed by atoms with Gasteiger partial charge in [-0.25, -0.2) is 0 Å². The summed E-state index contributed by atoms with van der Waals surface area (Å²) < 4.78 is 43.8. The highest BCUT2D eigenvalue weighted by Crippen LogP contribution is 2.26. The van der Waals surface area contributed by atoms with E-state index < -0.39 is 25.2 Å². The molecule has 0 spiro atoms. The molecular formula is C10H16F3N3O. The third-order valence-corrected chi connectivity index (χ3v) is 2.31. The third-order valence-electron chi connectivity index (χ3n) is 2.31. The summed E-state index contributed by atoms with van der Waals surface area (Å²) in [6.07, 6.45) is -1.37. The molecule has 0 aliphatic rings. The minimum atomic E-state index is -4.33. The van der Waals surface area contributed by atoms with Crippen LogP contribution < -0.4 is 10.5 Å². The van der Waals surface area contributed by atoms with E-state index >= 15 is 0 Å². The van der Waals surface area contributed by atoms with Gasteiger partial charge in [0.05, 0.1) is 12.4 Å². The largest absolute Gasteiger partial charge is 0.490 e. The first-order valence-electron chi connectivity index (χ1n) is 5.28. The van der Waals surface area contributed by atoms with Gasteiger partial charge in [-0.05, 0) is 13.8 Å². The van der Waals surface area contributed by atoms with Gasteiger partial charge in [0.1, 0.15) is 12.5 Å². The molecule has 17 heavy (non-hydrogen) atoms. The molecule has 2 N–H and O–H groups in total. The van der Waals surface area contributed by atoms with Crippen molar-refractivity contribution in [3.63, 3.8) is 0 Å². The van der Waals surface area contributed by atoms with E-state index in [0.717, 1.165) is 0 Å². The molecule has 0 amide bonds. The highest BCUT2D eigenvalue weighted by atomic mass is 19.4. The minimum absolute atomic E-state index is 0.139. The monoisotopic (exact) mass is 251 g/mol. The lowest BCUT2D eigenvalue weighted by atomic mass is 10.1. The fourth-order valence-corrected chi connectivity index (χ4v) is 1.17. The quantitative estimate of drug-likeness (QED) is 0.870. The molecule has 0 saturated heterocycles. The number of nitrogens with zero attached hydrogens (tertiary/aromatic N) is 2. The molecule has 1 heterocycles. The first kappa shape index (κ1) is 13.8. The summed E-state index contributed by atoms with van der Waals surface area (Å²) in [4.78, 5) is 0. The predicted molar refractivity (Wildman–Crippen MR) is 56.7 cm³/mol. The maximum atomic E-state index is 12.4. The van der Waals surface area contributed by atoms with Crippen LogP contribution in [0.3, 0.4) is 0 Å². The molecule has 7 heteroatoms. The molecule has 98 valence electrons. The number of rotatable bonds is 5. The molecular weight excluding hydrogens is 235 g/mol. The van der Waals surface area contributed by atoms with E-state index in [2.05, 4.69) is 5.10 Å². The first-order chi connectivity index (χ1) is 7.84. The molecule has 0 saturated carbocycles. The zero-order valence-electron chi connectivity index (χ0n) is 9.74. The van der Waals surface area contributed by atoms with Crippen LogP contribution in [-0.4, -0.2) is 29.1 Å². The van der Waals surface area contributed by atoms with Crippen LogP contribution in [0.1, 0.15) is 19.9 Å². The van der Waals surface area contributed by atoms with E-state index in [1.807, 2.05) is 13.8 Å². The number of hydrogen-bond donors (Lipinski definition) is 1. The predicted octanol–water partition coefficient (Wildman–Crippen LogP) is 1.98. The summed E-state index contributed by atoms with van der Waals surface area (Å²) in [5.41, 5.74) is 5.06. The van der Waals surface area contributed by atoms with Crippen molar-refractivity contribution >= 4 is 0 Å². The molecule has 0 aromatic carbocycles. The minimum Gasteiger partial charge on any atom is -0.490 e. The van der Waals surface area contributed by atoms with E-state index in [1.54, 1.807) is 10.9 Å². The van der Waals surface area contributed by atoms with Gasteiger partial charge in [-0.3, -0.25) is 4.68 Å². The van der Waals surface area contributed by atoms with Crippen molar-refractivity contribution < 1.29 is 17.9 Å². The van der Waals surface area contributed by atoms with Gasteiger partial charge in [0.2, 0.25) is 0 Å². The number of hydrogen-bond acceptors (Lipinski definition) is 3. The molecule has 1 aromatic heterocycles. The Hall–Kier alpha value is -1.24. The molecule has 0 bridgehead atoms. The summed E-state index contributed by atoms with van der Waals surface area (Å²) in [6.45, 7) is 2.86. The molecule has 0 fully saturated rings. The lowest BCUT2D eigenvalue weighted by molar-refractivity contribution is -0.178. The molecule has 0 radical (unpaired) electrons. The molecule has 1 unspecified atom stereocenters. The van der Waals surface area contributed by atoms with Gasteiger partial charge in [0.15, 0.2) is 5.75 Å². The Labute approximate surface area is 97.5 Å². The fraction of sp³-hybridized carbons (Fsp3) is 0.700. The van der Waals surface area contributed by atoms with Crippen molar-refractivity contribution in [3.8, 4) is 5.75 Å².